The van der Waals surface area contributed by atoms with Gasteiger partial charge in [-0.25, -0.2) is 0 Å². The van der Waals surface area contributed by atoms with Crippen molar-refractivity contribution >= 4 is 64.2 Å². The molecule has 1 aromatic heterocycles. The lowest BCUT2D eigenvalue weighted by atomic mass is 9.77. The molecule has 3 amide bonds. The first-order chi connectivity index (χ1) is 15.4. The Balaban J connectivity index is 1.17. The number of imide groups is 1. The Morgan fingerprint density at radius 3 is 2.69 bits per heavy atom. The van der Waals surface area contributed by atoms with Gasteiger partial charge in [-0.1, -0.05) is 40.3 Å². The van der Waals surface area contributed by atoms with Gasteiger partial charge in [0.1, 0.15) is 0 Å². The van der Waals surface area contributed by atoms with Gasteiger partial charge in [-0.2, -0.15) is 0 Å². The number of fused-ring (bicyclic) bond motifs is 9. The summed E-state index contributed by atoms with van der Waals surface area (Å²) in [7, 11) is 0. The van der Waals surface area contributed by atoms with E-state index in [1.165, 1.54) is 21.8 Å². The number of thioether (sulfide) groups is 1. The van der Waals surface area contributed by atoms with Crippen LogP contribution in [0.2, 0.25) is 5.02 Å². The van der Waals surface area contributed by atoms with Gasteiger partial charge in [-0.3, -0.25) is 24.1 Å². The maximum absolute atomic E-state index is 13.2. The zero-order valence-electron chi connectivity index (χ0n) is 16.7. The molecule has 2 aromatic rings. The van der Waals surface area contributed by atoms with E-state index in [-0.39, 0.29) is 64.5 Å². The number of halogens is 1. The Morgan fingerprint density at radius 2 is 1.91 bits per heavy atom. The molecule has 10 heteroatoms. The monoisotopic (exact) mass is 487 g/mol. The highest BCUT2D eigenvalue weighted by Crippen LogP contribution is 2.64. The smallest absolute Gasteiger partial charge is 0.305 e. The molecule has 0 spiro atoms. The van der Waals surface area contributed by atoms with Crippen LogP contribution >= 0.6 is 34.7 Å². The fourth-order valence-electron chi connectivity index (χ4n) is 5.67. The van der Waals surface area contributed by atoms with Crippen molar-refractivity contribution in [2.24, 2.45) is 23.7 Å². The van der Waals surface area contributed by atoms with Crippen LogP contribution in [0.4, 0.5) is 5.69 Å². The molecule has 4 aliphatic rings. The van der Waals surface area contributed by atoms with E-state index in [9.17, 15) is 19.2 Å². The fourth-order valence-corrected chi connectivity index (χ4v) is 8.24. The van der Waals surface area contributed by atoms with Gasteiger partial charge in [0.2, 0.25) is 17.7 Å². The predicted molar refractivity (Wildman–Crippen MR) is 123 cm³/mol. The third-order valence-electron chi connectivity index (χ3n) is 6.93. The summed E-state index contributed by atoms with van der Waals surface area (Å²) in [5.74, 6) is -1.12. The number of hydrogen-bond acceptors (Lipinski definition) is 6. The van der Waals surface area contributed by atoms with Crippen molar-refractivity contribution in [1.29, 1.82) is 0 Å². The molecule has 3 fully saturated rings. The third kappa shape index (κ3) is 3.02. The molecule has 5 atom stereocenters. The second-order valence-electron chi connectivity index (χ2n) is 8.58. The van der Waals surface area contributed by atoms with Crippen LogP contribution in [0.1, 0.15) is 17.7 Å². The van der Waals surface area contributed by atoms with E-state index in [1.807, 2.05) is 0 Å². The van der Waals surface area contributed by atoms with Gasteiger partial charge in [0.05, 0.1) is 21.7 Å². The molecule has 2 N–H and O–H groups in total. The van der Waals surface area contributed by atoms with Gasteiger partial charge in [0.15, 0.2) is 0 Å². The summed E-state index contributed by atoms with van der Waals surface area (Å²) in [6, 6.07) is 6.77. The second kappa shape index (κ2) is 7.33. The molecule has 32 heavy (non-hydrogen) atoms. The van der Waals surface area contributed by atoms with Crippen molar-refractivity contribution in [2.45, 2.75) is 23.1 Å². The van der Waals surface area contributed by atoms with E-state index in [0.29, 0.717) is 10.7 Å². The van der Waals surface area contributed by atoms with E-state index >= 15 is 0 Å². The van der Waals surface area contributed by atoms with Crippen LogP contribution in [0.25, 0.3) is 6.08 Å². The molecule has 6 rings (SSSR count). The number of H-pyrrole nitrogens is 1. The van der Waals surface area contributed by atoms with Gasteiger partial charge in [0, 0.05) is 28.9 Å². The largest absolute Gasteiger partial charge is 0.326 e. The first kappa shape index (κ1) is 20.3. The Morgan fingerprint density at radius 1 is 1.16 bits per heavy atom. The number of benzene rings is 1. The van der Waals surface area contributed by atoms with Gasteiger partial charge in [-0.15, -0.1) is 0 Å². The molecule has 0 unspecified atom stereocenters. The molecule has 1 aromatic carbocycles. The molecule has 2 saturated carbocycles. The van der Waals surface area contributed by atoms with Crippen molar-refractivity contribution in [1.82, 2.24) is 9.88 Å². The minimum atomic E-state index is -0.341. The summed E-state index contributed by atoms with van der Waals surface area (Å²) >= 11 is 8.66. The number of rotatable bonds is 4. The summed E-state index contributed by atoms with van der Waals surface area (Å²) in [6.45, 7) is 0.0844. The van der Waals surface area contributed by atoms with E-state index in [0.717, 1.165) is 16.3 Å². The zero-order valence-corrected chi connectivity index (χ0v) is 19.1. The maximum atomic E-state index is 13.2. The van der Waals surface area contributed by atoms with Crippen LogP contribution in [-0.2, 0) is 14.4 Å². The number of hydrogen-bond donors (Lipinski definition) is 2. The average molecular weight is 488 g/mol. The minimum absolute atomic E-state index is 0.0391. The number of carbonyl (C=O) groups excluding carboxylic acids is 3. The SMILES string of the molecule is O=C(CCN1C(=O)[C@H]2[C@H]3C[C@@H](C4=Cc5sc(=O)[nH]c5S[C@H]43)[C@H]2C1=O)Nc1ccc(Cl)cc1. The molecule has 2 bridgehead atoms. The summed E-state index contributed by atoms with van der Waals surface area (Å²) < 4.78 is 0. The van der Waals surface area contributed by atoms with E-state index in [4.69, 9.17) is 11.6 Å². The zero-order chi connectivity index (χ0) is 22.1. The van der Waals surface area contributed by atoms with Crippen LogP contribution in [0.3, 0.4) is 0 Å². The fraction of sp³-hybridized carbons (Fsp3) is 0.364. The molecule has 2 aliphatic carbocycles. The van der Waals surface area contributed by atoms with Crippen molar-refractivity contribution in [3.8, 4) is 0 Å². The number of aromatic amines is 1. The number of aromatic nitrogens is 1. The summed E-state index contributed by atoms with van der Waals surface area (Å²) in [6.07, 6.45) is 2.94. The summed E-state index contributed by atoms with van der Waals surface area (Å²) in [5, 5.41) is 4.34. The standard InChI is InChI=1S/C22H18ClN3O4S2/c23-9-1-3-10(4-2-9)24-15(27)5-6-26-20(28)16-11-7-13(17(16)21(26)29)18-12(11)8-14-19(32-18)25-22(30)31-14/h1-4,8,11,13,16-18H,5-7H2,(H,24,27)(H,25,30)/t11-,13+,16+,17-,18+/m0/s1. The number of likely N-dealkylation sites (tertiary alicyclic amines) is 1. The topological polar surface area (TPSA) is 99.3 Å². The Kier molecular flexibility index (Phi) is 4.64. The summed E-state index contributed by atoms with van der Waals surface area (Å²) in [5.41, 5.74) is 1.81. The van der Waals surface area contributed by atoms with Gasteiger partial charge in [0.25, 0.3) is 0 Å². The highest BCUT2D eigenvalue weighted by Gasteiger charge is 2.66. The van der Waals surface area contributed by atoms with E-state index < -0.39 is 0 Å². The Labute approximate surface area is 196 Å². The van der Waals surface area contributed by atoms with Crippen LogP contribution in [0.15, 0.2) is 39.7 Å². The number of carbonyl (C=O) groups is 3. The predicted octanol–water partition coefficient (Wildman–Crippen LogP) is 3.23. The van der Waals surface area contributed by atoms with Crippen LogP contribution in [0, 0.1) is 23.7 Å². The molecule has 1 saturated heterocycles. The lowest BCUT2D eigenvalue weighted by molar-refractivity contribution is -0.140. The van der Waals surface area contributed by atoms with E-state index in [1.54, 1.807) is 36.0 Å². The molecule has 7 nitrogen and oxygen atoms in total. The van der Waals surface area contributed by atoms with Crippen molar-refractivity contribution in [3.63, 3.8) is 0 Å². The number of nitrogens with one attached hydrogen (secondary N) is 2. The van der Waals surface area contributed by atoms with Crippen molar-refractivity contribution < 1.29 is 14.4 Å². The normalized spacial score (nSPS) is 29.6. The molecule has 164 valence electrons. The Hall–Kier alpha value is -2.36. The van der Waals surface area contributed by atoms with Crippen LogP contribution < -0.4 is 10.2 Å². The van der Waals surface area contributed by atoms with Crippen molar-refractivity contribution in [2.75, 3.05) is 11.9 Å². The number of amides is 3. The van der Waals surface area contributed by atoms with Crippen molar-refractivity contribution in [3.05, 3.63) is 49.4 Å². The van der Waals surface area contributed by atoms with Gasteiger partial charge < -0.3 is 10.3 Å². The lowest BCUT2D eigenvalue weighted by Crippen LogP contribution is -2.35. The highest BCUT2D eigenvalue weighted by atomic mass is 35.5. The first-order valence-corrected chi connectivity index (χ1v) is 12.5. The average Bonchev–Trinajstić information content (AvgIpc) is 3.47. The Bertz CT molecular complexity index is 1250. The van der Waals surface area contributed by atoms with E-state index in [2.05, 4.69) is 16.4 Å². The second-order valence-corrected chi connectivity index (χ2v) is 11.2. The molecular weight excluding hydrogens is 470 g/mol. The maximum Gasteiger partial charge on any atom is 0.305 e. The number of thiazole rings is 1. The third-order valence-corrected chi connectivity index (χ3v) is 9.57. The lowest BCUT2D eigenvalue weighted by Gasteiger charge is -2.32. The molecule has 3 heterocycles. The molecule has 2 aliphatic heterocycles. The van der Waals surface area contributed by atoms with Crippen LogP contribution in [-0.4, -0.2) is 39.4 Å². The highest BCUT2D eigenvalue weighted by molar-refractivity contribution is 8.00. The molecule has 0 radical (unpaired) electrons. The minimum Gasteiger partial charge on any atom is -0.326 e. The number of anilines is 1. The summed E-state index contributed by atoms with van der Waals surface area (Å²) in [4.78, 5) is 55.5. The number of nitrogens with zero attached hydrogens (tertiary/aromatic N) is 1. The quantitative estimate of drug-likeness (QED) is 0.645. The van der Waals surface area contributed by atoms with Gasteiger partial charge in [-0.05, 0) is 48.6 Å². The van der Waals surface area contributed by atoms with Crippen LogP contribution in [0.5, 0.6) is 0 Å². The molecular formula is C22H18ClN3O4S2. The van der Waals surface area contributed by atoms with Gasteiger partial charge >= 0.3 is 4.87 Å². The first-order valence-electron chi connectivity index (χ1n) is 10.4.